The van der Waals surface area contributed by atoms with E-state index in [2.05, 4.69) is 0 Å². The van der Waals surface area contributed by atoms with E-state index in [0.717, 1.165) is 5.56 Å². The van der Waals surface area contributed by atoms with Crippen LogP contribution in [-0.4, -0.2) is 37.2 Å². The van der Waals surface area contributed by atoms with Crippen LogP contribution in [0.3, 0.4) is 0 Å². The highest BCUT2D eigenvalue weighted by molar-refractivity contribution is 7.91. The fourth-order valence-electron chi connectivity index (χ4n) is 3.26. The lowest BCUT2D eigenvalue weighted by Gasteiger charge is -2.43. The second kappa shape index (κ2) is 5.47. The molecule has 112 valence electrons. The van der Waals surface area contributed by atoms with E-state index in [-0.39, 0.29) is 18.1 Å². The Bertz CT molecular complexity index is 558. The zero-order chi connectivity index (χ0) is 14.9. The predicted octanol–water partition coefficient (Wildman–Crippen LogP) is 1.13. The molecule has 2 atom stereocenters. The molecule has 1 fully saturated rings. The van der Waals surface area contributed by atoms with Crippen LogP contribution in [-0.2, 0) is 16.3 Å². The minimum atomic E-state index is -3.09. The van der Waals surface area contributed by atoms with Gasteiger partial charge in [0.15, 0.2) is 9.84 Å². The van der Waals surface area contributed by atoms with Crippen LogP contribution in [0, 0.1) is 5.41 Å². The molecule has 0 aliphatic carbocycles. The fourth-order valence-corrected chi connectivity index (χ4v) is 5.47. The Balaban J connectivity index is 2.34. The molecular weight excluding hydrogens is 274 g/mol. The number of hydrogen-bond donors (Lipinski definition) is 2. The summed E-state index contributed by atoms with van der Waals surface area (Å²) >= 11 is 0. The van der Waals surface area contributed by atoms with Gasteiger partial charge in [-0.2, -0.15) is 0 Å². The van der Waals surface area contributed by atoms with Crippen molar-refractivity contribution in [1.29, 1.82) is 0 Å². The molecule has 0 saturated carbocycles. The lowest BCUT2D eigenvalue weighted by atomic mass is 9.67. The lowest BCUT2D eigenvalue weighted by molar-refractivity contribution is -0.0706. The van der Waals surface area contributed by atoms with Gasteiger partial charge in [-0.05, 0) is 18.4 Å². The molecule has 0 bridgehead atoms. The highest BCUT2D eigenvalue weighted by atomic mass is 32.2. The normalized spacial score (nSPS) is 28.1. The van der Waals surface area contributed by atoms with Crippen LogP contribution in [0.25, 0.3) is 0 Å². The maximum atomic E-state index is 11.9. The molecule has 3 N–H and O–H groups in total. The summed E-state index contributed by atoms with van der Waals surface area (Å²) in [6.07, 6.45) is 1.38. The molecule has 0 spiro atoms. The molecule has 1 saturated heterocycles. The number of aliphatic hydroxyl groups is 1. The van der Waals surface area contributed by atoms with Gasteiger partial charge in [-0.15, -0.1) is 0 Å². The van der Waals surface area contributed by atoms with Crippen molar-refractivity contribution in [3.8, 4) is 0 Å². The average molecular weight is 297 g/mol. The van der Waals surface area contributed by atoms with Crippen LogP contribution < -0.4 is 5.73 Å². The Morgan fingerprint density at radius 1 is 1.35 bits per heavy atom. The first-order valence-electron chi connectivity index (χ1n) is 7.03. The molecule has 4 nitrogen and oxygen atoms in total. The predicted molar refractivity (Wildman–Crippen MR) is 80.1 cm³/mol. The van der Waals surface area contributed by atoms with Crippen LogP contribution in [0.15, 0.2) is 30.3 Å². The molecule has 1 aromatic carbocycles. The first-order valence-corrected chi connectivity index (χ1v) is 8.85. The second-order valence-corrected chi connectivity index (χ2v) is 8.06. The third-order valence-corrected chi connectivity index (χ3v) is 6.51. The topological polar surface area (TPSA) is 80.4 Å². The quantitative estimate of drug-likeness (QED) is 0.854. The van der Waals surface area contributed by atoms with Gasteiger partial charge in [0.1, 0.15) is 0 Å². The highest BCUT2D eigenvalue weighted by Crippen LogP contribution is 2.44. The summed E-state index contributed by atoms with van der Waals surface area (Å²) in [5.41, 5.74) is 5.09. The van der Waals surface area contributed by atoms with Crippen molar-refractivity contribution in [2.75, 3.05) is 18.1 Å². The van der Waals surface area contributed by atoms with E-state index in [9.17, 15) is 13.5 Å². The minimum Gasteiger partial charge on any atom is -0.389 e. The van der Waals surface area contributed by atoms with Crippen molar-refractivity contribution >= 4 is 9.84 Å². The molecule has 5 heteroatoms. The van der Waals surface area contributed by atoms with E-state index in [0.29, 0.717) is 19.3 Å². The van der Waals surface area contributed by atoms with Gasteiger partial charge in [0, 0.05) is 18.4 Å². The van der Waals surface area contributed by atoms with Gasteiger partial charge < -0.3 is 10.8 Å². The van der Waals surface area contributed by atoms with Gasteiger partial charge in [0.05, 0.1) is 17.1 Å². The van der Waals surface area contributed by atoms with Crippen LogP contribution in [0.2, 0.25) is 0 Å². The fraction of sp³-hybridized carbons (Fsp3) is 0.600. The van der Waals surface area contributed by atoms with Crippen molar-refractivity contribution < 1.29 is 13.5 Å². The van der Waals surface area contributed by atoms with Crippen LogP contribution in [0.1, 0.15) is 25.3 Å². The monoisotopic (exact) mass is 297 g/mol. The summed E-state index contributed by atoms with van der Waals surface area (Å²) in [7, 11) is -3.09. The molecule has 1 aromatic rings. The van der Waals surface area contributed by atoms with Crippen LogP contribution >= 0.6 is 0 Å². The van der Waals surface area contributed by atoms with E-state index in [1.165, 1.54) is 0 Å². The molecule has 2 unspecified atom stereocenters. The Morgan fingerprint density at radius 3 is 2.45 bits per heavy atom. The van der Waals surface area contributed by atoms with Gasteiger partial charge >= 0.3 is 0 Å². The van der Waals surface area contributed by atoms with E-state index in [1.54, 1.807) is 0 Å². The van der Waals surface area contributed by atoms with Crippen molar-refractivity contribution in [1.82, 2.24) is 0 Å². The number of sulfone groups is 1. The van der Waals surface area contributed by atoms with Gasteiger partial charge in [-0.25, -0.2) is 8.42 Å². The summed E-state index contributed by atoms with van der Waals surface area (Å²) in [5, 5.41) is 11.1. The first kappa shape index (κ1) is 15.5. The molecule has 2 rings (SSSR count). The summed E-state index contributed by atoms with van der Waals surface area (Å²) in [6, 6.07) is 9.67. The van der Waals surface area contributed by atoms with Crippen LogP contribution in [0.5, 0.6) is 0 Å². The Kier molecular flexibility index (Phi) is 4.23. The summed E-state index contributed by atoms with van der Waals surface area (Å²) in [4.78, 5) is 0. The average Bonchev–Trinajstić information content (AvgIpc) is 2.77. The Morgan fingerprint density at radius 2 is 2.00 bits per heavy atom. The van der Waals surface area contributed by atoms with Gasteiger partial charge in [-0.3, -0.25) is 0 Å². The van der Waals surface area contributed by atoms with E-state index >= 15 is 0 Å². The van der Waals surface area contributed by atoms with Crippen molar-refractivity contribution in [3.05, 3.63) is 35.9 Å². The maximum Gasteiger partial charge on any atom is 0.151 e. The van der Waals surface area contributed by atoms with Gasteiger partial charge in [-0.1, -0.05) is 37.3 Å². The van der Waals surface area contributed by atoms with Crippen molar-refractivity contribution in [3.63, 3.8) is 0 Å². The maximum absolute atomic E-state index is 11.9. The van der Waals surface area contributed by atoms with Gasteiger partial charge in [0.25, 0.3) is 0 Å². The standard InChI is InChI=1S/C15H23NO3S/c1-2-15(17,10-13-6-4-3-5-7-13)14(11-16)8-9-20(18,19)12-14/h3-7,17H,2,8-12,16H2,1H3. The summed E-state index contributed by atoms with van der Waals surface area (Å²) in [6.45, 7) is 2.09. The first-order chi connectivity index (χ1) is 9.36. The highest BCUT2D eigenvalue weighted by Gasteiger charge is 2.54. The van der Waals surface area contributed by atoms with Crippen molar-refractivity contribution in [2.24, 2.45) is 11.1 Å². The van der Waals surface area contributed by atoms with E-state index < -0.39 is 20.9 Å². The number of hydrogen-bond acceptors (Lipinski definition) is 4. The third-order valence-electron chi connectivity index (χ3n) is 4.69. The second-order valence-electron chi connectivity index (χ2n) is 5.87. The molecule has 1 heterocycles. The van der Waals surface area contributed by atoms with Gasteiger partial charge in [0.2, 0.25) is 0 Å². The van der Waals surface area contributed by atoms with Crippen LogP contribution in [0.4, 0.5) is 0 Å². The lowest BCUT2D eigenvalue weighted by Crippen LogP contribution is -2.54. The zero-order valence-electron chi connectivity index (χ0n) is 11.9. The van der Waals surface area contributed by atoms with E-state index in [4.69, 9.17) is 5.73 Å². The molecular formula is C15H23NO3S. The molecule has 0 amide bonds. The molecule has 1 aliphatic heterocycles. The summed E-state index contributed by atoms with van der Waals surface area (Å²) < 4.78 is 23.7. The van der Waals surface area contributed by atoms with E-state index in [1.807, 2.05) is 37.3 Å². The number of rotatable bonds is 5. The van der Waals surface area contributed by atoms with Crippen molar-refractivity contribution in [2.45, 2.75) is 31.8 Å². The summed E-state index contributed by atoms with van der Waals surface area (Å²) in [5.74, 6) is 0.120. The molecule has 1 aliphatic rings. The smallest absolute Gasteiger partial charge is 0.151 e. The SMILES string of the molecule is CCC(O)(Cc1ccccc1)C1(CN)CCS(=O)(=O)C1. The Hall–Kier alpha value is -0.910. The number of nitrogens with two attached hydrogens (primary N) is 1. The number of benzene rings is 1. The largest absolute Gasteiger partial charge is 0.389 e. The molecule has 0 radical (unpaired) electrons. The Labute approximate surface area is 120 Å². The minimum absolute atomic E-state index is 0.00628. The third kappa shape index (κ3) is 2.75. The zero-order valence-corrected chi connectivity index (χ0v) is 12.7. The molecule has 20 heavy (non-hydrogen) atoms. The molecule has 0 aromatic heterocycles.